The molecular formula is C13H14. The Balaban J connectivity index is 2.30. The molecule has 0 aromatic carbocycles. The molecule has 13 heavy (non-hydrogen) atoms. The highest BCUT2D eigenvalue weighted by Crippen LogP contribution is 2.24. The zero-order valence-electron chi connectivity index (χ0n) is 8.17. The zero-order valence-corrected chi connectivity index (χ0v) is 8.17. The molecule has 0 aromatic rings. The van der Waals surface area contributed by atoms with Gasteiger partial charge in [0.05, 0.1) is 0 Å². The third-order valence-corrected chi connectivity index (χ3v) is 2.47. The SMILES string of the molecule is CC1=CCC(=C2C=CC(C)=C2)C=C1. The summed E-state index contributed by atoms with van der Waals surface area (Å²) >= 11 is 0. The van der Waals surface area contributed by atoms with E-state index < -0.39 is 0 Å². The van der Waals surface area contributed by atoms with Gasteiger partial charge < -0.3 is 0 Å². The Labute approximate surface area is 79.7 Å². The van der Waals surface area contributed by atoms with Crippen LogP contribution in [0.1, 0.15) is 20.3 Å². The lowest BCUT2D eigenvalue weighted by molar-refractivity contribution is 1.20. The number of allylic oxidation sites excluding steroid dienone is 10. The van der Waals surface area contributed by atoms with E-state index in [1.54, 1.807) is 0 Å². The van der Waals surface area contributed by atoms with E-state index in [0.717, 1.165) is 6.42 Å². The Morgan fingerprint density at radius 3 is 2.23 bits per heavy atom. The monoisotopic (exact) mass is 170 g/mol. The van der Waals surface area contributed by atoms with Crippen molar-refractivity contribution in [3.05, 3.63) is 58.7 Å². The van der Waals surface area contributed by atoms with Gasteiger partial charge in [0.25, 0.3) is 0 Å². The smallest absolute Gasteiger partial charge is 0.00858 e. The number of rotatable bonds is 0. The summed E-state index contributed by atoms with van der Waals surface area (Å²) in [6, 6.07) is 0. The normalized spacial score (nSPS) is 26.3. The van der Waals surface area contributed by atoms with Crippen molar-refractivity contribution in [1.29, 1.82) is 0 Å². The Hall–Kier alpha value is -1.30. The maximum atomic E-state index is 2.28. The molecule has 0 amide bonds. The van der Waals surface area contributed by atoms with E-state index >= 15 is 0 Å². The molecule has 0 unspecified atom stereocenters. The molecule has 0 heterocycles. The van der Waals surface area contributed by atoms with Crippen LogP contribution in [0.4, 0.5) is 0 Å². The van der Waals surface area contributed by atoms with Gasteiger partial charge in [-0.3, -0.25) is 0 Å². The standard InChI is InChI=1S/C13H14/c1-10-3-6-12(7-4-10)13-8-5-11(2)9-13/h3-6,8-9H,7H2,1-2H3. The zero-order chi connectivity index (χ0) is 9.26. The van der Waals surface area contributed by atoms with Crippen LogP contribution in [0, 0.1) is 0 Å². The summed E-state index contributed by atoms with van der Waals surface area (Å²) in [5.41, 5.74) is 5.52. The van der Waals surface area contributed by atoms with E-state index in [2.05, 4.69) is 50.3 Å². The molecule has 0 spiro atoms. The molecule has 0 fully saturated rings. The number of hydrogen-bond acceptors (Lipinski definition) is 0. The van der Waals surface area contributed by atoms with Gasteiger partial charge in [0.15, 0.2) is 0 Å². The average Bonchev–Trinajstić information content (AvgIpc) is 2.53. The summed E-state index contributed by atoms with van der Waals surface area (Å²) in [5, 5.41) is 0. The first kappa shape index (κ1) is 8.31. The minimum Gasteiger partial charge on any atom is -0.0772 e. The molecule has 0 saturated carbocycles. The molecule has 2 aliphatic rings. The lowest BCUT2D eigenvalue weighted by Gasteiger charge is -2.07. The summed E-state index contributed by atoms with van der Waals surface area (Å²) in [6.07, 6.45) is 14.4. The Bertz CT molecular complexity index is 371. The largest absolute Gasteiger partial charge is 0.0772 e. The fourth-order valence-electron chi connectivity index (χ4n) is 1.62. The summed E-state index contributed by atoms with van der Waals surface area (Å²) in [6.45, 7) is 4.28. The predicted octanol–water partition coefficient (Wildman–Crippen LogP) is 3.71. The van der Waals surface area contributed by atoms with Crippen LogP contribution in [0.3, 0.4) is 0 Å². The van der Waals surface area contributed by atoms with Gasteiger partial charge in [-0.05, 0) is 31.4 Å². The van der Waals surface area contributed by atoms with Crippen molar-refractivity contribution >= 4 is 0 Å². The van der Waals surface area contributed by atoms with Crippen molar-refractivity contribution in [2.24, 2.45) is 0 Å². The molecule has 66 valence electrons. The van der Waals surface area contributed by atoms with Crippen molar-refractivity contribution in [1.82, 2.24) is 0 Å². The maximum Gasteiger partial charge on any atom is -0.00858 e. The topological polar surface area (TPSA) is 0 Å². The molecule has 2 aliphatic carbocycles. The van der Waals surface area contributed by atoms with Gasteiger partial charge >= 0.3 is 0 Å². The van der Waals surface area contributed by atoms with E-state index in [1.807, 2.05) is 0 Å². The van der Waals surface area contributed by atoms with Gasteiger partial charge in [-0.15, -0.1) is 0 Å². The summed E-state index contributed by atoms with van der Waals surface area (Å²) in [5.74, 6) is 0. The van der Waals surface area contributed by atoms with Crippen molar-refractivity contribution in [2.45, 2.75) is 20.3 Å². The van der Waals surface area contributed by atoms with E-state index in [0.29, 0.717) is 0 Å². The van der Waals surface area contributed by atoms with Crippen molar-refractivity contribution < 1.29 is 0 Å². The highest BCUT2D eigenvalue weighted by atomic mass is 14.1. The second kappa shape index (κ2) is 3.21. The van der Waals surface area contributed by atoms with Crippen LogP contribution in [-0.4, -0.2) is 0 Å². The van der Waals surface area contributed by atoms with Gasteiger partial charge in [0.1, 0.15) is 0 Å². The minimum absolute atomic E-state index is 1.08. The Morgan fingerprint density at radius 2 is 1.69 bits per heavy atom. The lowest BCUT2D eigenvalue weighted by atomic mass is 9.99. The summed E-state index contributed by atoms with van der Waals surface area (Å²) in [4.78, 5) is 0. The third-order valence-electron chi connectivity index (χ3n) is 2.47. The van der Waals surface area contributed by atoms with Crippen LogP contribution in [0.5, 0.6) is 0 Å². The fraction of sp³-hybridized carbons (Fsp3) is 0.231. The molecule has 0 radical (unpaired) electrons. The van der Waals surface area contributed by atoms with Crippen LogP contribution >= 0.6 is 0 Å². The van der Waals surface area contributed by atoms with Crippen LogP contribution in [0.15, 0.2) is 58.7 Å². The van der Waals surface area contributed by atoms with Crippen LogP contribution in [0.2, 0.25) is 0 Å². The molecule has 0 heteroatoms. The first-order valence-corrected chi connectivity index (χ1v) is 4.70. The minimum atomic E-state index is 1.08. The first-order chi connectivity index (χ1) is 6.25. The molecule has 0 saturated heterocycles. The Kier molecular flexibility index (Phi) is 2.05. The van der Waals surface area contributed by atoms with E-state index in [4.69, 9.17) is 0 Å². The van der Waals surface area contributed by atoms with Crippen LogP contribution in [0.25, 0.3) is 0 Å². The molecule has 0 N–H and O–H groups in total. The average molecular weight is 170 g/mol. The molecule has 0 aromatic heterocycles. The van der Waals surface area contributed by atoms with Gasteiger partial charge in [-0.1, -0.05) is 47.6 Å². The molecule has 2 rings (SSSR count). The predicted molar refractivity (Wildman–Crippen MR) is 57.4 cm³/mol. The lowest BCUT2D eigenvalue weighted by Crippen LogP contribution is -1.87. The second-order valence-corrected chi connectivity index (χ2v) is 3.69. The second-order valence-electron chi connectivity index (χ2n) is 3.69. The molecule has 0 bridgehead atoms. The van der Waals surface area contributed by atoms with Gasteiger partial charge in [-0.25, -0.2) is 0 Å². The van der Waals surface area contributed by atoms with Crippen molar-refractivity contribution in [3.8, 4) is 0 Å². The Morgan fingerprint density at radius 1 is 0.923 bits per heavy atom. The summed E-state index contributed by atoms with van der Waals surface area (Å²) in [7, 11) is 0. The molecular weight excluding hydrogens is 156 g/mol. The van der Waals surface area contributed by atoms with E-state index in [1.165, 1.54) is 22.3 Å². The van der Waals surface area contributed by atoms with Gasteiger partial charge in [0, 0.05) is 0 Å². The fourth-order valence-corrected chi connectivity index (χ4v) is 1.62. The van der Waals surface area contributed by atoms with Gasteiger partial charge in [0.2, 0.25) is 0 Å². The number of hydrogen-bond donors (Lipinski definition) is 0. The maximum absolute atomic E-state index is 2.28. The van der Waals surface area contributed by atoms with E-state index in [-0.39, 0.29) is 0 Å². The highest BCUT2D eigenvalue weighted by Gasteiger charge is 2.05. The molecule has 0 atom stereocenters. The third kappa shape index (κ3) is 1.72. The van der Waals surface area contributed by atoms with Crippen molar-refractivity contribution in [3.63, 3.8) is 0 Å². The van der Waals surface area contributed by atoms with Crippen LogP contribution < -0.4 is 0 Å². The first-order valence-electron chi connectivity index (χ1n) is 4.70. The summed E-state index contributed by atoms with van der Waals surface area (Å²) < 4.78 is 0. The van der Waals surface area contributed by atoms with E-state index in [9.17, 15) is 0 Å². The quantitative estimate of drug-likeness (QED) is 0.520. The molecule has 0 aliphatic heterocycles. The van der Waals surface area contributed by atoms with Crippen molar-refractivity contribution in [2.75, 3.05) is 0 Å². The van der Waals surface area contributed by atoms with Gasteiger partial charge in [-0.2, -0.15) is 0 Å². The highest BCUT2D eigenvalue weighted by molar-refractivity contribution is 5.52. The molecule has 0 nitrogen and oxygen atoms in total. The van der Waals surface area contributed by atoms with Crippen LogP contribution in [-0.2, 0) is 0 Å².